The maximum atomic E-state index is 12.6. The van der Waals surface area contributed by atoms with E-state index < -0.39 is 0 Å². The summed E-state index contributed by atoms with van der Waals surface area (Å²) in [5.41, 5.74) is 1.86. The maximum absolute atomic E-state index is 12.6. The molecule has 1 aliphatic heterocycles. The molecular weight excluding hydrogens is 328 g/mol. The van der Waals surface area contributed by atoms with Crippen LogP contribution in [0.3, 0.4) is 0 Å². The van der Waals surface area contributed by atoms with Crippen LogP contribution in [0.25, 0.3) is 0 Å². The molecule has 1 aliphatic rings. The number of aromatic nitrogens is 2. The van der Waals surface area contributed by atoms with Crippen molar-refractivity contribution in [2.24, 2.45) is 5.92 Å². The highest BCUT2D eigenvalue weighted by atomic mass is 16.5. The third-order valence-corrected chi connectivity index (χ3v) is 4.59. The first-order chi connectivity index (χ1) is 12.6. The number of methoxy groups -OCH3 is 1. The molecule has 1 saturated heterocycles. The number of carbonyl (C=O) groups excluding carboxylic acids is 1. The number of amides is 1. The van der Waals surface area contributed by atoms with Crippen LogP contribution in [0.5, 0.6) is 5.88 Å². The van der Waals surface area contributed by atoms with E-state index in [0.717, 1.165) is 26.2 Å². The van der Waals surface area contributed by atoms with Gasteiger partial charge in [-0.25, -0.2) is 4.98 Å². The molecule has 0 atom stereocenters. The Bertz CT molecular complexity index is 712. The van der Waals surface area contributed by atoms with E-state index in [9.17, 15) is 4.79 Å². The summed E-state index contributed by atoms with van der Waals surface area (Å²) in [7, 11) is 1.57. The second-order valence-corrected chi connectivity index (χ2v) is 7.13. The number of ether oxygens (including phenoxy) is 1. The minimum Gasteiger partial charge on any atom is -0.481 e. The van der Waals surface area contributed by atoms with E-state index in [1.807, 2.05) is 17.3 Å². The molecule has 0 N–H and O–H groups in total. The molecule has 1 fully saturated rings. The zero-order valence-corrected chi connectivity index (χ0v) is 15.6. The summed E-state index contributed by atoms with van der Waals surface area (Å²) in [4.78, 5) is 25.2. The number of nitrogens with zero attached hydrogens (tertiary/aromatic N) is 4. The molecule has 1 amide bonds. The Morgan fingerprint density at radius 2 is 2.00 bits per heavy atom. The highest BCUT2D eigenvalue weighted by molar-refractivity contribution is 5.94. The van der Waals surface area contributed by atoms with Crippen molar-refractivity contribution in [3.05, 3.63) is 54.0 Å². The van der Waals surface area contributed by atoms with Crippen LogP contribution >= 0.6 is 0 Å². The summed E-state index contributed by atoms with van der Waals surface area (Å²) < 4.78 is 5.04. The van der Waals surface area contributed by atoms with Gasteiger partial charge in [0, 0.05) is 56.9 Å². The fourth-order valence-electron chi connectivity index (χ4n) is 3.20. The van der Waals surface area contributed by atoms with Gasteiger partial charge in [-0.15, -0.1) is 0 Å². The van der Waals surface area contributed by atoms with Crippen LogP contribution in [0.2, 0.25) is 0 Å². The van der Waals surface area contributed by atoms with E-state index >= 15 is 0 Å². The van der Waals surface area contributed by atoms with Crippen molar-refractivity contribution < 1.29 is 9.53 Å². The molecule has 138 valence electrons. The third-order valence-electron chi connectivity index (χ3n) is 4.59. The van der Waals surface area contributed by atoms with Gasteiger partial charge in [-0.05, 0) is 29.7 Å². The van der Waals surface area contributed by atoms with Crippen molar-refractivity contribution in [1.29, 1.82) is 0 Å². The van der Waals surface area contributed by atoms with Gasteiger partial charge < -0.3 is 9.64 Å². The molecule has 2 aromatic rings. The van der Waals surface area contributed by atoms with Crippen molar-refractivity contribution in [1.82, 2.24) is 19.8 Å². The van der Waals surface area contributed by atoms with Crippen molar-refractivity contribution in [2.75, 3.05) is 26.7 Å². The van der Waals surface area contributed by atoms with E-state index in [4.69, 9.17) is 4.74 Å². The summed E-state index contributed by atoms with van der Waals surface area (Å²) >= 11 is 0. The quantitative estimate of drug-likeness (QED) is 0.764. The smallest absolute Gasteiger partial charge is 0.255 e. The lowest BCUT2D eigenvalue weighted by Crippen LogP contribution is -2.61. The first kappa shape index (κ1) is 18.3. The molecule has 3 heterocycles. The van der Waals surface area contributed by atoms with Crippen LogP contribution in [0.15, 0.2) is 42.9 Å². The summed E-state index contributed by atoms with van der Waals surface area (Å²) in [5.74, 6) is 1.13. The Balaban J connectivity index is 1.60. The number of rotatable bonds is 7. The number of likely N-dealkylation sites (tertiary alicyclic amines) is 1. The number of hydrogen-bond acceptors (Lipinski definition) is 5. The molecule has 3 rings (SSSR count). The van der Waals surface area contributed by atoms with E-state index in [1.54, 1.807) is 25.4 Å². The Morgan fingerprint density at radius 3 is 2.58 bits per heavy atom. The summed E-state index contributed by atoms with van der Waals surface area (Å²) in [5, 5.41) is 0. The molecule has 26 heavy (non-hydrogen) atoms. The van der Waals surface area contributed by atoms with Gasteiger partial charge in [0.15, 0.2) is 0 Å². The zero-order chi connectivity index (χ0) is 18.5. The van der Waals surface area contributed by atoms with Gasteiger partial charge >= 0.3 is 0 Å². The predicted octanol–water partition coefficient (Wildman–Crippen LogP) is 2.47. The van der Waals surface area contributed by atoms with Crippen LogP contribution < -0.4 is 4.74 Å². The third kappa shape index (κ3) is 4.38. The second-order valence-electron chi connectivity index (χ2n) is 7.13. The predicted molar refractivity (Wildman–Crippen MR) is 100.0 cm³/mol. The molecule has 0 aromatic carbocycles. The van der Waals surface area contributed by atoms with Crippen molar-refractivity contribution in [3.8, 4) is 5.88 Å². The van der Waals surface area contributed by atoms with Crippen LogP contribution in [0.1, 0.15) is 29.8 Å². The lowest BCUT2D eigenvalue weighted by Gasteiger charge is -2.46. The number of hydrogen-bond donors (Lipinski definition) is 0. The molecule has 6 heteroatoms. The lowest BCUT2D eigenvalue weighted by molar-refractivity contribution is 0.0197. The zero-order valence-electron chi connectivity index (χ0n) is 15.6. The fraction of sp³-hybridized carbons (Fsp3) is 0.450. The van der Waals surface area contributed by atoms with E-state index in [1.165, 1.54) is 5.56 Å². The molecule has 0 bridgehead atoms. The number of pyridine rings is 2. The molecular formula is C20H26N4O2. The highest BCUT2D eigenvalue weighted by Crippen LogP contribution is 2.21. The van der Waals surface area contributed by atoms with Gasteiger partial charge in [0.05, 0.1) is 12.7 Å². The molecule has 6 nitrogen and oxygen atoms in total. The fourth-order valence-corrected chi connectivity index (χ4v) is 3.20. The van der Waals surface area contributed by atoms with Gasteiger partial charge in [-0.3, -0.25) is 14.7 Å². The SMILES string of the molecule is COc1ccc(C(=O)N2CC(N(Cc3ccncc3)CC(C)C)C2)cn1. The lowest BCUT2D eigenvalue weighted by atomic mass is 10.0. The Labute approximate surface area is 154 Å². The monoisotopic (exact) mass is 354 g/mol. The largest absolute Gasteiger partial charge is 0.481 e. The van der Waals surface area contributed by atoms with Crippen molar-refractivity contribution in [3.63, 3.8) is 0 Å². The van der Waals surface area contributed by atoms with Crippen molar-refractivity contribution >= 4 is 5.91 Å². The minimum absolute atomic E-state index is 0.0322. The van der Waals surface area contributed by atoms with Gasteiger partial charge in [0.25, 0.3) is 5.91 Å². The van der Waals surface area contributed by atoms with Gasteiger partial charge in [-0.1, -0.05) is 13.8 Å². The molecule has 0 spiro atoms. The first-order valence-corrected chi connectivity index (χ1v) is 8.99. The van der Waals surface area contributed by atoms with Crippen LogP contribution in [0, 0.1) is 5.92 Å². The van der Waals surface area contributed by atoms with Gasteiger partial charge in [0.1, 0.15) is 0 Å². The molecule has 0 radical (unpaired) electrons. The number of carbonyl (C=O) groups is 1. The minimum atomic E-state index is 0.0322. The Kier molecular flexibility index (Phi) is 5.83. The van der Waals surface area contributed by atoms with E-state index in [-0.39, 0.29) is 5.91 Å². The van der Waals surface area contributed by atoms with Gasteiger partial charge in [0.2, 0.25) is 5.88 Å². The second kappa shape index (κ2) is 8.27. The molecule has 0 unspecified atom stereocenters. The van der Waals surface area contributed by atoms with Crippen molar-refractivity contribution in [2.45, 2.75) is 26.4 Å². The Hall–Kier alpha value is -2.47. The van der Waals surface area contributed by atoms with Gasteiger partial charge in [-0.2, -0.15) is 0 Å². The maximum Gasteiger partial charge on any atom is 0.255 e. The standard InChI is InChI=1S/C20H26N4O2/c1-15(2)11-23(12-16-6-8-21-9-7-16)18-13-24(14-18)20(25)17-4-5-19(26-3)22-10-17/h4-10,15,18H,11-14H2,1-3H3. The molecule has 0 aliphatic carbocycles. The summed E-state index contributed by atoms with van der Waals surface area (Å²) in [6.45, 7) is 7.86. The highest BCUT2D eigenvalue weighted by Gasteiger charge is 2.35. The summed E-state index contributed by atoms with van der Waals surface area (Å²) in [6, 6.07) is 7.99. The topological polar surface area (TPSA) is 58.6 Å². The average Bonchev–Trinajstić information content (AvgIpc) is 2.60. The normalized spacial score (nSPS) is 14.6. The average molecular weight is 354 g/mol. The van der Waals surface area contributed by atoms with Crippen LogP contribution in [-0.4, -0.2) is 58.5 Å². The Morgan fingerprint density at radius 1 is 1.27 bits per heavy atom. The van der Waals surface area contributed by atoms with Crippen LogP contribution in [0.4, 0.5) is 0 Å². The summed E-state index contributed by atoms with van der Waals surface area (Å²) in [6.07, 6.45) is 5.24. The molecule has 2 aromatic heterocycles. The molecule has 0 saturated carbocycles. The van der Waals surface area contributed by atoms with E-state index in [0.29, 0.717) is 23.4 Å². The first-order valence-electron chi connectivity index (χ1n) is 8.99. The van der Waals surface area contributed by atoms with Crippen LogP contribution in [-0.2, 0) is 6.54 Å². The van der Waals surface area contributed by atoms with E-state index in [2.05, 4.69) is 40.8 Å².